The van der Waals surface area contributed by atoms with E-state index in [1.807, 2.05) is 35.4 Å². The number of H-pyrrole nitrogens is 1. The minimum absolute atomic E-state index is 0.233. The zero-order chi connectivity index (χ0) is 17.8. The minimum Gasteiger partial charge on any atom is -0.361 e. The second-order valence-corrected chi connectivity index (χ2v) is 6.66. The van der Waals surface area contributed by atoms with E-state index in [4.69, 9.17) is 0 Å². The maximum absolute atomic E-state index is 12.7. The Labute approximate surface area is 152 Å². The van der Waals surface area contributed by atoms with Crippen molar-refractivity contribution >= 4 is 22.6 Å². The summed E-state index contributed by atoms with van der Waals surface area (Å²) in [5.41, 5.74) is 2.34. The van der Waals surface area contributed by atoms with Crippen molar-refractivity contribution in [3.8, 4) is 0 Å². The summed E-state index contributed by atoms with van der Waals surface area (Å²) in [5, 5.41) is 9.35. The Bertz CT molecular complexity index is 876. The number of rotatable bonds is 4. The molecule has 1 amide bonds. The molecule has 0 bridgehead atoms. The first kappa shape index (κ1) is 16.6. The number of aryl methyl sites for hydroxylation is 1. The molecular weight excluding hydrogens is 326 g/mol. The molecule has 1 fully saturated rings. The first-order valence-corrected chi connectivity index (χ1v) is 9.17. The van der Waals surface area contributed by atoms with Gasteiger partial charge in [0.2, 0.25) is 5.91 Å². The first-order chi connectivity index (χ1) is 12.8. The van der Waals surface area contributed by atoms with Crippen LogP contribution in [-0.2, 0) is 11.2 Å². The van der Waals surface area contributed by atoms with Gasteiger partial charge in [-0.05, 0) is 36.6 Å². The molecule has 1 aliphatic heterocycles. The molecule has 6 nitrogen and oxygen atoms in total. The summed E-state index contributed by atoms with van der Waals surface area (Å²) in [6.07, 6.45) is 5.98. The molecule has 0 spiro atoms. The average Bonchev–Trinajstić information content (AvgIpc) is 2.94. The third kappa shape index (κ3) is 3.54. The van der Waals surface area contributed by atoms with Crippen molar-refractivity contribution in [1.29, 1.82) is 0 Å². The first-order valence-electron chi connectivity index (χ1n) is 9.17. The third-order valence-corrected chi connectivity index (χ3v) is 5.01. The molecule has 134 valence electrons. The summed E-state index contributed by atoms with van der Waals surface area (Å²) in [5.74, 6) is 1.12. The van der Waals surface area contributed by atoms with E-state index in [1.165, 1.54) is 10.9 Å². The van der Waals surface area contributed by atoms with E-state index in [-0.39, 0.29) is 5.91 Å². The monoisotopic (exact) mass is 349 g/mol. The Kier molecular flexibility index (Phi) is 4.82. The Hall–Kier alpha value is -2.89. The smallest absolute Gasteiger partial charge is 0.222 e. The third-order valence-electron chi connectivity index (χ3n) is 5.01. The van der Waals surface area contributed by atoms with Gasteiger partial charge in [0.05, 0.1) is 0 Å². The molecule has 1 saturated heterocycles. The summed E-state index contributed by atoms with van der Waals surface area (Å²) >= 11 is 0. The van der Waals surface area contributed by atoms with Gasteiger partial charge in [0.1, 0.15) is 0 Å². The molecule has 3 aromatic rings. The topological polar surface area (TPSA) is 65.1 Å². The summed E-state index contributed by atoms with van der Waals surface area (Å²) in [6, 6.07) is 12.1. The maximum atomic E-state index is 12.7. The Morgan fingerprint density at radius 2 is 2.00 bits per heavy atom. The van der Waals surface area contributed by atoms with Crippen molar-refractivity contribution in [3.63, 3.8) is 0 Å². The number of aromatic amines is 1. The zero-order valence-corrected chi connectivity index (χ0v) is 14.8. The van der Waals surface area contributed by atoms with Crippen LogP contribution < -0.4 is 4.90 Å². The molecule has 4 rings (SSSR count). The summed E-state index contributed by atoms with van der Waals surface area (Å²) in [7, 11) is 0. The van der Waals surface area contributed by atoms with Crippen molar-refractivity contribution < 1.29 is 4.79 Å². The van der Waals surface area contributed by atoms with Gasteiger partial charge in [-0.2, -0.15) is 5.10 Å². The van der Waals surface area contributed by atoms with Gasteiger partial charge >= 0.3 is 0 Å². The van der Waals surface area contributed by atoms with Crippen LogP contribution in [0.5, 0.6) is 0 Å². The van der Waals surface area contributed by atoms with Crippen LogP contribution in [0.15, 0.2) is 48.8 Å². The predicted octanol–water partition coefficient (Wildman–Crippen LogP) is 2.63. The number of hydrogen-bond donors (Lipinski definition) is 1. The minimum atomic E-state index is 0.233. The molecule has 0 aliphatic carbocycles. The number of fused-ring (bicyclic) bond motifs is 1. The molecule has 0 atom stereocenters. The number of carbonyl (C=O) groups excluding carboxylic acids is 1. The number of nitrogens with zero attached hydrogens (tertiary/aromatic N) is 4. The van der Waals surface area contributed by atoms with Crippen molar-refractivity contribution in [2.45, 2.75) is 19.3 Å². The quantitative estimate of drug-likeness (QED) is 0.786. The second-order valence-electron chi connectivity index (χ2n) is 6.66. The van der Waals surface area contributed by atoms with Gasteiger partial charge in [0.15, 0.2) is 5.82 Å². The van der Waals surface area contributed by atoms with Crippen molar-refractivity contribution in [2.75, 3.05) is 31.1 Å². The lowest BCUT2D eigenvalue weighted by Gasteiger charge is -2.22. The van der Waals surface area contributed by atoms with E-state index < -0.39 is 0 Å². The lowest BCUT2D eigenvalue weighted by Crippen LogP contribution is -2.35. The van der Waals surface area contributed by atoms with Crippen LogP contribution in [0.2, 0.25) is 0 Å². The highest BCUT2D eigenvalue weighted by Crippen LogP contribution is 2.20. The number of nitrogens with one attached hydrogen (secondary N) is 1. The number of amides is 1. The average molecular weight is 349 g/mol. The van der Waals surface area contributed by atoms with Crippen LogP contribution in [0, 0.1) is 0 Å². The zero-order valence-electron chi connectivity index (χ0n) is 14.8. The SMILES string of the molecule is O=C(CCc1c[nH]c2ccccc12)N1CCCN(c2cccnn2)CC1. The fraction of sp³-hybridized carbons (Fsp3) is 0.350. The van der Waals surface area contributed by atoms with Crippen molar-refractivity contribution in [2.24, 2.45) is 0 Å². The molecule has 0 unspecified atom stereocenters. The van der Waals surface area contributed by atoms with E-state index in [1.54, 1.807) is 6.20 Å². The van der Waals surface area contributed by atoms with Gasteiger partial charge in [0, 0.05) is 55.9 Å². The molecule has 1 aromatic carbocycles. The van der Waals surface area contributed by atoms with Gasteiger partial charge < -0.3 is 14.8 Å². The maximum Gasteiger partial charge on any atom is 0.222 e. The number of aromatic nitrogens is 3. The van der Waals surface area contributed by atoms with Crippen LogP contribution in [-0.4, -0.2) is 52.2 Å². The fourth-order valence-electron chi connectivity index (χ4n) is 3.60. The number of anilines is 1. The predicted molar refractivity (Wildman–Crippen MR) is 102 cm³/mol. The fourth-order valence-corrected chi connectivity index (χ4v) is 3.60. The van der Waals surface area contributed by atoms with Crippen molar-refractivity contribution in [1.82, 2.24) is 20.1 Å². The summed E-state index contributed by atoms with van der Waals surface area (Å²) < 4.78 is 0. The second kappa shape index (κ2) is 7.56. The summed E-state index contributed by atoms with van der Waals surface area (Å²) in [6.45, 7) is 3.26. The largest absolute Gasteiger partial charge is 0.361 e. The molecule has 26 heavy (non-hydrogen) atoms. The number of hydrogen-bond acceptors (Lipinski definition) is 4. The number of para-hydroxylation sites is 1. The Morgan fingerprint density at radius 3 is 2.88 bits per heavy atom. The molecule has 6 heteroatoms. The number of carbonyl (C=O) groups is 1. The van der Waals surface area contributed by atoms with E-state index >= 15 is 0 Å². The summed E-state index contributed by atoms with van der Waals surface area (Å²) in [4.78, 5) is 20.2. The van der Waals surface area contributed by atoms with Crippen LogP contribution in [0.3, 0.4) is 0 Å². The molecule has 3 heterocycles. The van der Waals surface area contributed by atoms with Gasteiger partial charge in [-0.3, -0.25) is 4.79 Å². The Morgan fingerprint density at radius 1 is 1.08 bits per heavy atom. The van der Waals surface area contributed by atoms with Gasteiger partial charge in [-0.1, -0.05) is 18.2 Å². The lowest BCUT2D eigenvalue weighted by atomic mass is 10.1. The van der Waals surface area contributed by atoms with Crippen LogP contribution in [0.1, 0.15) is 18.4 Å². The number of benzene rings is 1. The standard InChI is InChI=1S/C20H23N5O/c26-20(9-8-16-15-21-18-6-2-1-5-17(16)18)25-12-4-11-24(13-14-25)19-7-3-10-22-23-19/h1-3,5-7,10,15,21H,4,8-9,11-14H2. The van der Waals surface area contributed by atoms with Crippen LogP contribution in [0.4, 0.5) is 5.82 Å². The van der Waals surface area contributed by atoms with Crippen LogP contribution >= 0.6 is 0 Å². The van der Waals surface area contributed by atoms with Crippen molar-refractivity contribution in [3.05, 3.63) is 54.4 Å². The molecule has 1 N–H and O–H groups in total. The highest BCUT2D eigenvalue weighted by atomic mass is 16.2. The molecule has 1 aliphatic rings. The van der Waals surface area contributed by atoms with E-state index in [0.29, 0.717) is 6.42 Å². The highest BCUT2D eigenvalue weighted by Gasteiger charge is 2.20. The normalized spacial score (nSPS) is 15.2. The van der Waals surface area contributed by atoms with E-state index in [0.717, 1.165) is 50.4 Å². The van der Waals surface area contributed by atoms with Gasteiger partial charge in [-0.15, -0.1) is 5.10 Å². The van der Waals surface area contributed by atoms with E-state index in [9.17, 15) is 4.79 Å². The molecule has 2 aromatic heterocycles. The molecule has 0 radical (unpaired) electrons. The Balaban J connectivity index is 1.35. The van der Waals surface area contributed by atoms with E-state index in [2.05, 4.69) is 32.2 Å². The highest BCUT2D eigenvalue weighted by molar-refractivity contribution is 5.84. The van der Waals surface area contributed by atoms with Crippen LogP contribution in [0.25, 0.3) is 10.9 Å². The van der Waals surface area contributed by atoms with Gasteiger partial charge in [-0.25, -0.2) is 0 Å². The lowest BCUT2D eigenvalue weighted by molar-refractivity contribution is -0.130. The van der Waals surface area contributed by atoms with Gasteiger partial charge in [0.25, 0.3) is 0 Å². The molecule has 0 saturated carbocycles. The molecular formula is C20H23N5O.